The largest absolute Gasteiger partial charge is 0.416 e. The molecule has 1 aromatic rings. The van der Waals surface area contributed by atoms with E-state index in [0.717, 1.165) is 12.1 Å². The Hall–Kier alpha value is -1.31. The second-order valence-corrected chi connectivity index (χ2v) is 5.17. The van der Waals surface area contributed by atoms with E-state index in [2.05, 4.69) is 0 Å². The summed E-state index contributed by atoms with van der Waals surface area (Å²) in [6.45, 7) is 2.58. The van der Waals surface area contributed by atoms with Crippen molar-refractivity contribution in [2.45, 2.75) is 12.3 Å². The molecule has 1 aromatic carbocycles. The minimum Gasteiger partial charge on any atom is -0.394 e. The summed E-state index contributed by atoms with van der Waals surface area (Å²) in [7, 11) is 0. The first-order valence-electron chi connectivity index (χ1n) is 6.83. The Kier molecular flexibility index (Phi) is 5.08. The molecule has 4 nitrogen and oxygen atoms in total. The van der Waals surface area contributed by atoms with Crippen LogP contribution in [0.2, 0.25) is 0 Å². The molecule has 1 fully saturated rings. The van der Waals surface area contributed by atoms with Gasteiger partial charge in [0.1, 0.15) is 0 Å². The lowest BCUT2D eigenvalue weighted by molar-refractivity contribution is -0.137. The number of hydrogen-bond donors (Lipinski definition) is 2. The van der Waals surface area contributed by atoms with Gasteiger partial charge >= 0.3 is 6.18 Å². The van der Waals surface area contributed by atoms with Crippen LogP contribution in [-0.4, -0.2) is 60.5 Å². The average Bonchev–Trinajstić information content (AvgIpc) is 2.47. The highest BCUT2D eigenvalue weighted by molar-refractivity contribution is 5.49. The minimum atomic E-state index is -4.33. The van der Waals surface area contributed by atoms with Crippen molar-refractivity contribution < 1.29 is 23.4 Å². The topological polar surface area (TPSA) is 46.9 Å². The average molecular weight is 304 g/mol. The standard InChI is InChI=1S/C14H19F3N2O2/c15-14(16,17)11-2-1-3-12(8-11)19-6-4-18(5-7-19)9-13(21)10-20/h1-3,8,13,20-21H,4-7,9-10H2. The summed E-state index contributed by atoms with van der Waals surface area (Å²) >= 11 is 0. The molecular weight excluding hydrogens is 285 g/mol. The van der Waals surface area contributed by atoms with Gasteiger partial charge in [-0.1, -0.05) is 6.07 Å². The summed E-state index contributed by atoms with van der Waals surface area (Å²) in [5.41, 5.74) is -0.0784. The van der Waals surface area contributed by atoms with Gasteiger partial charge in [-0.15, -0.1) is 0 Å². The molecule has 0 aromatic heterocycles. The zero-order chi connectivity index (χ0) is 15.5. The van der Waals surface area contributed by atoms with Crippen LogP contribution in [-0.2, 0) is 6.18 Å². The molecule has 1 heterocycles. The van der Waals surface area contributed by atoms with Gasteiger partial charge < -0.3 is 15.1 Å². The van der Waals surface area contributed by atoms with Gasteiger partial charge in [0, 0.05) is 38.4 Å². The van der Waals surface area contributed by atoms with Crippen molar-refractivity contribution in [3.05, 3.63) is 29.8 Å². The van der Waals surface area contributed by atoms with Crippen molar-refractivity contribution in [1.82, 2.24) is 4.90 Å². The lowest BCUT2D eigenvalue weighted by Crippen LogP contribution is -2.49. The van der Waals surface area contributed by atoms with Crippen molar-refractivity contribution in [2.24, 2.45) is 0 Å². The predicted octanol–water partition coefficient (Wildman–Crippen LogP) is 1.18. The molecule has 1 aliphatic heterocycles. The molecule has 0 bridgehead atoms. The van der Waals surface area contributed by atoms with E-state index in [9.17, 15) is 18.3 Å². The molecular formula is C14H19F3N2O2. The lowest BCUT2D eigenvalue weighted by Gasteiger charge is -2.36. The van der Waals surface area contributed by atoms with Crippen LogP contribution in [0.1, 0.15) is 5.56 Å². The monoisotopic (exact) mass is 304 g/mol. The number of benzene rings is 1. The Labute approximate surface area is 121 Å². The van der Waals surface area contributed by atoms with Crippen LogP contribution >= 0.6 is 0 Å². The summed E-state index contributed by atoms with van der Waals surface area (Å²) in [6, 6.07) is 5.32. The van der Waals surface area contributed by atoms with Crippen molar-refractivity contribution in [2.75, 3.05) is 44.2 Å². The Balaban J connectivity index is 1.96. The predicted molar refractivity (Wildman–Crippen MR) is 73.2 cm³/mol. The van der Waals surface area contributed by atoms with Gasteiger partial charge in [0.05, 0.1) is 18.3 Å². The Bertz CT molecular complexity index is 460. The van der Waals surface area contributed by atoms with Crippen molar-refractivity contribution in [3.63, 3.8) is 0 Å². The van der Waals surface area contributed by atoms with E-state index in [1.165, 1.54) is 6.07 Å². The van der Waals surface area contributed by atoms with Gasteiger partial charge in [-0.05, 0) is 18.2 Å². The van der Waals surface area contributed by atoms with E-state index in [-0.39, 0.29) is 6.61 Å². The lowest BCUT2D eigenvalue weighted by atomic mass is 10.1. The van der Waals surface area contributed by atoms with Crippen LogP contribution in [0.5, 0.6) is 0 Å². The molecule has 2 N–H and O–H groups in total. The summed E-state index contributed by atoms with van der Waals surface area (Å²) in [5.74, 6) is 0. The third-order valence-corrected chi connectivity index (χ3v) is 3.59. The number of aliphatic hydroxyl groups is 2. The van der Waals surface area contributed by atoms with Crippen LogP contribution in [0.25, 0.3) is 0 Å². The Morgan fingerprint density at radius 1 is 1.14 bits per heavy atom. The van der Waals surface area contributed by atoms with E-state index in [1.54, 1.807) is 6.07 Å². The molecule has 0 aliphatic carbocycles. The van der Waals surface area contributed by atoms with Gasteiger partial charge in [0.15, 0.2) is 0 Å². The van der Waals surface area contributed by atoms with E-state index in [4.69, 9.17) is 5.11 Å². The normalized spacial score (nSPS) is 18.8. The fraction of sp³-hybridized carbons (Fsp3) is 0.571. The van der Waals surface area contributed by atoms with Crippen LogP contribution in [0.3, 0.4) is 0 Å². The number of halogens is 3. The highest BCUT2D eigenvalue weighted by Crippen LogP contribution is 2.31. The quantitative estimate of drug-likeness (QED) is 0.877. The maximum absolute atomic E-state index is 12.7. The third kappa shape index (κ3) is 4.33. The van der Waals surface area contributed by atoms with Gasteiger partial charge in [0.2, 0.25) is 0 Å². The van der Waals surface area contributed by atoms with Crippen molar-refractivity contribution in [3.8, 4) is 0 Å². The maximum atomic E-state index is 12.7. The number of rotatable bonds is 4. The zero-order valence-corrected chi connectivity index (χ0v) is 11.6. The molecule has 1 unspecified atom stereocenters. The van der Waals surface area contributed by atoms with Gasteiger partial charge in [-0.3, -0.25) is 4.90 Å². The molecule has 0 saturated carbocycles. The number of aliphatic hydroxyl groups excluding tert-OH is 2. The van der Waals surface area contributed by atoms with E-state index in [1.807, 2.05) is 9.80 Å². The molecule has 2 rings (SSSR count). The molecule has 1 atom stereocenters. The van der Waals surface area contributed by atoms with Gasteiger partial charge in [-0.2, -0.15) is 13.2 Å². The van der Waals surface area contributed by atoms with Gasteiger partial charge in [-0.25, -0.2) is 0 Å². The highest BCUT2D eigenvalue weighted by Gasteiger charge is 2.31. The summed E-state index contributed by atoms with van der Waals surface area (Å²) in [4.78, 5) is 3.89. The summed E-state index contributed by atoms with van der Waals surface area (Å²) in [6.07, 6.45) is -5.10. The number of alkyl halides is 3. The number of hydrogen-bond acceptors (Lipinski definition) is 4. The molecule has 1 saturated heterocycles. The molecule has 7 heteroatoms. The summed E-state index contributed by atoms with van der Waals surface area (Å²) < 4.78 is 38.1. The Morgan fingerprint density at radius 2 is 1.81 bits per heavy atom. The Morgan fingerprint density at radius 3 is 2.38 bits per heavy atom. The van der Waals surface area contributed by atoms with Crippen molar-refractivity contribution in [1.29, 1.82) is 0 Å². The minimum absolute atomic E-state index is 0.284. The molecule has 1 aliphatic rings. The fourth-order valence-corrected chi connectivity index (χ4v) is 2.42. The summed E-state index contributed by atoms with van der Waals surface area (Å²) in [5, 5.41) is 18.2. The second kappa shape index (κ2) is 6.64. The first-order valence-corrected chi connectivity index (χ1v) is 6.83. The number of piperazine rings is 1. The third-order valence-electron chi connectivity index (χ3n) is 3.59. The van der Waals surface area contributed by atoms with Crippen LogP contribution in [0.15, 0.2) is 24.3 Å². The first-order chi connectivity index (χ1) is 9.90. The zero-order valence-electron chi connectivity index (χ0n) is 11.6. The van der Waals surface area contributed by atoms with Crippen LogP contribution < -0.4 is 4.90 Å². The molecule has 0 radical (unpaired) electrons. The van der Waals surface area contributed by atoms with E-state index in [0.29, 0.717) is 38.4 Å². The van der Waals surface area contributed by atoms with E-state index >= 15 is 0 Å². The number of anilines is 1. The first kappa shape index (κ1) is 16.1. The molecule has 0 amide bonds. The molecule has 0 spiro atoms. The van der Waals surface area contributed by atoms with Crippen LogP contribution in [0, 0.1) is 0 Å². The number of nitrogens with zero attached hydrogens (tertiary/aromatic N) is 2. The molecule has 118 valence electrons. The maximum Gasteiger partial charge on any atom is 0.416 e. The highest BCUT2D eigenvalue weighted by atomic mass is 19.4. The second-order valence-electron chi connectivity index (χ2n) is 5.17. The molecule has 21 heavy (non-hydrogen) atoms. The SMILES string of the molecule is OCC(O)CN1CCN(c2cccc(C(F)(F)F)c2)CC1. The van der Waals surface area contributed by atoms with Gasteiger partial charge in [0.25, 0.3) is 0 Å². The van der Waals surface area contributed by atoms with E-state index < -0.39 is 17.8 Å². The number of β-amino-alcohol motifs (C(OH)–C–C–N with tert-alkyl or cyclic N) is 1. The fourth-order valence-electron chi connectivity index (χ4n) is 2.42. The van der Waals surface area contributed by atoms with Crippen molar-refractivity contribution >= 4 is 5.69 Å². The smallest absolute Gasteiger partial charge is 0.394 e. The van der Waals surface area contributed by atoms with Crippen LogP contribution in [0.4, 0.5) is 18.9 Å².